The van der Waals surface area contributed by atoms with Crippen molar-refractivity contribution in [2.75, 3.05) is 7.11 Å². The van der Waals surface area contributed by atoms with Crippen molar-refractivity contribution in [2.24, 2.45) is 0 Å². The van der Waals surface area contributed by atoms with Gasteiger partial charge >= 0.3 is 6.18 Å². The summed E-state index contributed by atoms with van der Waals surface area (Å²) in [6.45, 7) is 0. The van der Waals surface area contributed by atoms with Crippen molar-refractivity contribution in [3.8, 4) is 17.3 Å². The highest BCUT2D eigenvalue weighted by Gasteiger charge is 2.38. The van der Waals surface area contributed by atoms with E-state index in [9.17, 15) is 13.2 Å². The normalized spacial score (nSPS) is 11.3. The van der Waals surface area contributed by atoms with Crippen LogP contribution in [0.2, 0.25) is 0 Å². The Morgan fingerprint density at radius 2 is 1.72 bits per heavy atom. The van der Waals surface area contributed by atoms with Crippen LogP contribution in [0.4, 0.5) is 13.2 Å². The zero-order chi connectivity index (χ0) is 13.2. The van der Waals surface area contributed by atoms with Crippen molar-refractivity contribution >= 4 is 0 Å². The summed E-state index contributed by atoms with van der Waals surface area (Å²) >= 11 is 0. The second kappa shape index (κ2) is 4.59. The molecule has 2 rings (SSSR count). The van der Waals surface area contributed by atoms with Crippen molar-refractivity contribution < 1.29 is 17.9 Å². The first-order valence-electron chi connectivity index (χ1n) is 4.93. The fourth-order valence-electron chi connectivity index (χ4n) is 1.34. The van der Waals surface area contributed by atoms with Gasteiger partial charge < -0.3 is 4.74 Å². The van der Waals surface area contributed by atoms with Gasteiger partial charge in [-0.3, -0.25) is 0 Å². The molecule has 1 heterocycles. The minimum atomic E-state index is -4.64. The van der Waals surface area contributed by atoms with Crippen LogP contribution in [0.1, 0.15) is 5.69 Å². The van der Waals surface area contributed by atoms with Crippen molar-refractivity contribution in [2.45, 2.75) is 6.18 Å². The molecule has 4 nitrogen and oxygen atoms in total. The number of rotatable bonds is 2. The molecule has 0 radical (unpaired) electrons. The lowest BCUT2D eigenvalue weighted by molar-refractivity contribution is -0.143. The average Bonchev–Trinajstić information content (AvgIpc) is 2.38. The van der Waals surface area contributed by atoms with E-state index in [1.54, 1.807) is 30.3 Å². The molecule has 1 aromatic heterocycles. The molecule has 0 N–H and O–H groups in total. The van der Waals surface area contributed by atoms with Crippen LogP contribution in [0.15, 0.2) is 30.3 Å². The highest BCUT2D eigenvalue weighted by molar-refractivity contribution is 5.54. The number of ether oxygens (including phenoxy) is 1. The summed E-state index contributed by atoms with van der Waals surface area (Å²) < 4.78 is 42.2. The fourth-order valence-corrected chi connectivity index (χ4v) is 1.34. The van der Waals surface area contributed by atoms with Gasteiger partial charge in [-0.2, -0.15) is 18.2 Å². The predicted molar refractivity (Wildman–Crippen MR) is 56.8 cm³/mol. The fraction of sp³-hybridized carbons (Fsp3) is 0.182. The van der Waals surface area contributed by atoms with Crippen LogP contribution in [-0.4, -0.2) is 22.3 Å². The maximum absolute atomic E-state index is 12.5. The summed E-state index contributed by atoms with van der Waals surface area (Å²) in [7, 11) is 1.11. The van der Waals surface area contributed by atoms with E-state index in [1.807, 2.05) is 0 Å². The summed E-state index contributed by atoms with van der Waals surface area (Å²) in [5, 5.41) is 6.60. The SMILES string of the molecule is COc1nc(-c2ccccc2)nnc1C(F)(F)F. The lowest BCUT2D eigenvalue weighted by atomic mass is 10.2. The van der Waals surface area contributed by atoms with E-state index in [4.69, 9.17) is 0 Å². The molecule has 7 heteroatoms. The Hall–Kier alpha value is -2.18. The van der Waals surface area contributed by atoms with Gasteiger partial charge in [0.15, 0.2) is 5.82 Å². The van der Waals surface area contributed by atoms with Crippen LogP contribution in [-0.2, 0) is 6.18 Å². The maximum Gasteiger partial charge on any atom is 0.440 e. The van der Waals surface area contributed by atoms with Gasteiger partial charge in [-0.25, -0.2) is 0 Å². The molecule has 0 fully saturated rings. The van der Waals surface area contributed by atoms with Crippen molar-refractivity contribution in [3.63, 3.8) is 0 Å². The van der Waals surface area contributed by atoms with Gasteiger partial charge in [-0.05, 0) is 0 Å². The molecule has 0 bridgehead atoms. The Labute approximate surface area is 100 Å². The second-order valence-electron chi connectivity index (χ2n) is 3.36. The van der Waals surface area contributed by atoms with E-state index in [1.165, 1.54) is 0 Å². The number of hydrogen-bond acceptors (Lipinski definition) is 4. The Balaban J connectivity index is 2.49. The number of aromatic nitrogens is 3. The number of nitrogens with zero attached hydrogens (tertiary/aromatic N) is 3. The lowest BCUT2D eigenvalue weighted by Gasteiger charge is -2.09. The number of benzene rings is 1. The van der Waals surface area contributed by atoms with Gasteiger partial charge in [-0.1, -0.05) is 30.3 Å². The number of methoxy groups -OCH3 is 1. The van der Waals surface area contributed by atoms with Crippen molar-refractivity contribution in [1.29, 1.82) is 0 Å². The average molecular weight is 255 g/mol. The molecule has 2 aromatic rings. The van der Waals surface area contributed by atoms with Crippen LogP contribution in [0.5, 0.6) is 5.88 Å². The van der Waals surface area contributed by atoms with Crippen LogP contribution < -0.4 is 4.74 Å². The molecular formula is C11H8F3N3O. The zero-order valence-corrected chi connectivity index (χ0v) is 9.27. The Kier molecular flexibility index (Phi) is 3.14. The molecule has 0 amide bonds. The van der Waals surface area contributed by atoms with Gasteiger partial charge in [0.25, 0.3) is 0 Å². The molecule has 0 saturated carbocycles. The van der Waals surface area contributed by atoms with Gasteiger partial charge in [0.05, 0.1) is 7.11 Å². The third-order valence-corrected chi connectivity index (χ3v) is 2.15. The molecule has 0 aliphatic carbocycles. The summed E-state index contributed by atoms with van der Waals surface area (Å²) in [5.74, 6) is -0.503. The third-order valence-electron chi connectivity index (χ3n) is 2.15. The molecule has 1 aromatic carbocycles. The van der Waals surface area contributed by atoms with Crippen LogP contribution in [0.3, 0.4) is 0 Å². The molecule has 18 heavy (non-hydrogen) atoms. The Bertz CT molecular complexity index is 543. The van der Waals surface area contributed by atoms with E-state index < -0.39 is 17.8 Å². The molecule has 94 valence electrons. The van der Waals surface area contributed by atoms with E-state index >= 15 is 0 Å². The predicted octanol–water partition coefficient (Wildman–Crippen LogP) is 2.57. The van der Waals surface area contributed by atoms with E-state index in [2.05, 4.69) is 19.9 Å². The zero-order valence-electron chi connectivity index (χ0n) is 9.27. The first-order valence-corrected chi connectivity index (χ1v) is 4.93. The van der Waals surface area contributed by atoms with Crippen LogP contribution >= 0.6 is 0 Å². The van der Waals surface area contributed by atoms with Gasteiger partial charge in [0, 0.05) is 5.56 Å². The molecule has 0 aliphatic heterocycles. The van der Waals surface area contributed by atoms with Gasteiger partial charge in [-0.15, -0.1) is 10.2 Å². The summed E-state index contributed by atoms with van der Waals surface area (Å²) in [5.41, 5.74) is -0.665. The Morgan fingerprint density at radius 3 is 2.28 bits per heavy atom. The minimum Gasteiger partial charge on any atom is -0.479 e. The smallest absolute Gasteiger partial charge is 0.440 e. The van der Waals surface area contributed by atoms with E-state index in [0.29, 0.717) is 5.56 Å². The van der Waals surface area contributed by atoms with E-state index in [0.717, 1.165) is 7.11 Å². The van der Waals surface area contributed by atoms with Crippen molar-refractivity contribution in [3.05, 3.63) is 36.0 Å². The van der Waals surface area contributed by atoms with Gasteiger partial charge in [0.1, 0.15) is 0 Å². The van der Waals surface area contributed by atoms with Gasteiger partial charge in [0.2, 0.25) is 11.6 Å². The second-order valence-corrected chi connectivity index (χ2v) is 3.36. The molecule has 0 aliphatic rings. The topological polar surface area (TPSA) is 47.9 Å². The monoisotopic (exact) mass is 255 g/mol. The highest BCUT2D eigenvalue weighted by Crippen LogP contribution is 2.33. The maximum atomic E-state index is 12.5. The van der Waals surface area contributed by atoms with Crippen LogP contribution in [0, 0.1) is 0 Å². The molecular weight excluding hydrogens is 247 g/mol. The summed E-state index contributed by atoms with van der Waals surface area (Å²) in [6.07, 6.45) is -4.64. The highest BCUT2D eigenvalue weighted by atomic mass is 19.4. The first kappa shape index (κ1) is 12.3. The van der Waals surface area contributed by atoms with Crippen LogP contribution in [0.25, 0.3) is 11.4 Å². The molecule has 0 atom stereocenters. The standard InChI is InChI=1S/C11H8F3N3O/c1-18-10-8(11(12,13)14)16-17-9(15-10)7-5-3-2-4-6-7/h2-6H,1H3. The largest absolute Gasteiger partial charge is 0.479 e. The number of halogens is 3. The molecule has 0 unspecified atom stereocenters. The summed E-state index contributed by atoms with van der Waals surface area (Å²) in [6, 6.07) is 8.57. The first-order chi connectivity index (χ1) is 8.52. The minimum absolute atomic E-state index is 0.0837. The number of alkyl halides is 3. The lowest BCUT2D eigenvalue weighted by Crippen LogP contribution is -2.13. The molecule has 0 saturated heterocycles. The molecule has 0 spiro atoms. The summed E-state index contributed by atoms with van der Waals surface area (Å²) in [4.78, 5) is 3.71. The Morgan fingerprint density at radius 1 is 1.06 bits per heavy atom. The quantitative estimate of drug-likeness (QED) is 0.827. The number of hydrogen-bond donors (Lipinski definition) is 0. The van der Waals surface area contributed by atoms with Crippen molar-refractivity contribution in [1.82, 2.24) is 15.2 Å². The van der Waals surface area contributed by atoms with E-state index in [-0.39, 0.29) is 5.82 Å². The third kappa shape index (κ3) is 2.39.